The first kappa shape index (κ1) is 21.2. The van der Waals surface area contributed by atoms with Gasteiger partial charge in [0.15, 0.2) is 16.1 Å². The van der Waals surface area contributed by atoms with Gasteiger partial charge in [0, 0.05) is 6.07 Å². The molecule has 7 nitrogen and oxygen atoms in total. The van der Waals surface area contributed by atoms with E-state index in [9.17, 15) is 18.5 Å². The first-order chi connectivity index (χ1) is 14.9. The van der Waals surface area contributed by atoms with Crippen LogP contribution in [0, 0.1) is 10.1 Å². The maximum absolute atomic E-state index is 13.3. The van der Waals surface area contributed by atoms with Crippen LogP contribution in [0.5, 0.6) is 0 Å². The number of hydrogen-bond acceptors (Lipinski definition) is 6. The maximum atomic E-state index is 13.3. The summed E-state index contributed by atoms with van der Waals surface area (Å²) in [6.07, 6.45) is -2.13. The van der Waals surface area contributed by atoms with Gasteiger partial charge in [0.1, 0.15) is 22.4 Å². The van der Waals surface area contributed by atoms with Crippen molar-refractivity contribution in [3.63, 3.8) is 0 Å². The minimum atomic E-state index is -4.10. The van der Waals surface area contributed by atoms with Crippen molar-refractivity contribution in [3.8, 4) is 0 Å². The highest BCUT2D eigenvalue weighted by molar-refractivity contribution is 7.92. The first-order valence-corrected chi connectivity index (χ1v) is 11.3. The predicted molar refractivity (Wildman–Crippen MR) is 114 cm³/mol. The lowest BCUT2D eigenvalue weighted by Gasteiger charge is -2.19. The molecule has 3 aromatic rings. The highest BCUT2D eigenvalue weighted by Gasteiger charge is 2.45. The van der Waals surface area contributed by atoms with E-state index in [1.165, 1.54) is 31.2 Å². The molecular weight excluding hydrogens is 418 g/mol. The second kappa shape index (κ2) is 8.58. The van der Waals surface area contributed by atoms with Gasteiger partial charge in [-0.3, -0.25) is 10.1 Å². The molecule has 1 aliphatic heterocycles. The van der Waals surface area contributed by atoms with E-state index < -0.39 is 44.2 Å². The second-order valence-electron chi connectivity index (χ2n) is 7.28. The molecule has 1 aliphatic rings. The molecule has 3 atom stereocenters. The molecule has 0 aliphatic carbocycles. The quantitative estimate of drug-likeness (QED) is 0.411. The van der Waals surface area contributed by atoms with Gasteiger partial charge >= 0.3 is 0 Å². The SMILES string of the molecule is CC(C1O[C@H](c2ccccc2)[C@@H](c2ccccc2)O1)S(=O)(=O)c1ccccc1[N+](=O)[O-]. The van der Waals surface area contributed by atoms with Crippen molar-refractivity contribution >= 4 is 15.5 Å². The number of para-hydroxylation sites is 1. The molecule has 0 spiro atoms. The molecule has 0 bridgehead atoms. The summed E-state index contributed by atoms with van der Waals surface area (Å²) >= 11 is 0. The van der Waals surface area contributed by atoms with Crippen LogP contribution in [-0.4, -0.2) is 24.9 Å². The van der Waals surface area contributed by atoms with E-state index in [1.807, 2.05) is 60.7 Å². The van der Waals surface area contributed by atoms with Crippen LogP contribution in [0.25, 0.3) is 0 Å². The average Bonchev–Trinajstić information content (AvgIpc) is 3.25. The van der Waals surface area contributed by atoms with Gasteiger partial charge in [-0.1, -0.05) is 72.8 Å². The topological polar surface area (TPSA) is 95.7 Å². The normalized spacial score (nSPS) is 20.4. The van der Waals surface area contributed by atoms with Crippen molar-refractivity contribution in [2.45, 2.75) is 35.6 Å². The Bertz CT molecular complexity index is 1120. The highest BCUT2D eigenvalue weighted by atomic mass is 32.2. The summed E-state index contributed by atoms with van der Waals surface area (Å²) < 4.78 is 38.8. The van der Waals surface area contributed by atoms with Gasteiger partial charge in [-0.25, -0.2) is 8.42 Å². The first-order valence-electron chi connectivity index (χ1n) is 9.77. The number of ether oxygens (including phenoxy) is 2. The minimum Gasteiger partial charge on any atom is -0.340 e. The number of benzene rings is 3. The lowest BCUT2D eigenvalue weighted by molar-refractivity contribution is -0.387. The summed E-state index contributed by atoms with van der Waals surface area (Å²) in [5, 5.41) is 10.2. The molecule has 0 aromatic heterocycles. The number of nitrogens with zero attached hydrogens (tertiary/aromatic N) is 1. The second-order valence-corrected chi connectivity index (χ2v) is 9.55. The molecule has 1 fully saturated rings. The van der Waals surface area contributed by atoms with Crippen molar-refractivity contribution in [2.24, 2.45) is 0 Å². The van der Waals surface area contributed by atoms with Crippen molar-refractivity contribution in [3.05, 3.63) is 106 Å². The zero-order valence-corrected chi connectivity index (χ0v) is 17.5. The smallest absolute Gasteiger partial charge is 0.287 e. The van der Waals surface area contributed by atoms with Crippen LogP contribution in [0.1, 0.15) is 30.3 Å². The molecular formula is C23H21NO6S. The van der Waals surface area contributed by atoms with Crippen molar-refractivity contribution in [2.75, 3.05) is 0 Å². The van der Waals surface area contributed by atoms with E-state index in [-0.39, 0.29) is 4.90 Å². The summed E-state index contributed by atoms with van der Waals surface area (Å²) in [6, 6.07) is 24.2. The molecule has 1 unspecified atom stereocenters. The molecule has 0 radical (unpaired) electrons. The third-order valence-corrected chi connectivity index (χ3v) is 7.49. The number of hydrogen-bond donors (Lipinski definition) is 0. The molecule has 4 rings (SSSR count). The summed E-state index contributed by atoms with van der Waals surface area (Å²) in [7, 11) is -4.10. The number of sulfone groups is 1. The van der Waals surface area contributed by atoms with Gasteiger partial charge < -0.3 is 9.47 Å². The average molecular weight is 439 g/mol. The largest absolute Gasteiger partial charge is 0.340 e. The molecule has 160 valence electrons. The van der Waals surface area contributed by atoms with Crippen molar-refractivity contribution < 1.29 is 22.8 Å². The summed E-state index contributed by atoms with van der Waals surface area (Å²) in [4.78, 5) is 10.3. The maximum Gasteiger partial charge on any atom is 0.287 e. The van der Waals surface area contributed by atoms with Crippen molar-refractivity contribution in [1.82, 2.24) is 0 Å². The minimum absolute atomic E-state index is 0.348. The number of nitro groups is 1. The van der Waals surface area contributed by atoms with Gasteiger partial charge in [0.2, 0.25) is 0 Å². The standard InChI is InChI=1S/C23H21NO6S/c1-16(31(27,28)20-15-9-8-14-19(20)24(25)26)23-29-21(17-10-4-2-5-11-17)22(30-23)18-12-6-3-7-13-18/h2-16,21-23H,1H3/t16?,21-,22-/m1/s1. The number of rotatable bonds is 6. The Hall–Kier alpha value is -3.07. The molecule has 31 heavy (non-hydrogen) atoms. The lowest BCUT2D eigenvalue weighted by atomic mass is 9.99. The fourth-order valence-corrected chi connectivity index (χ4v) is 5.20. The van der Waals surface area contributed by atoms with Crippen LogP contribution in [-0.2, 0) is 19.3 Å². The van der Waals surface area contributed by atoms with Crippen LogP contribution in [0.2, 0.25) is 0 Å². The molecule has 1 heterocycles. The van der Waals surface area contributed by atoms with Gasteiger partial charge in [0.05, 0.1) is 4.92 Å². The van der Waals surface area contributed by atoms with Crippen LogP contribution in [0.4, 0.5) is 5.69 Å². The van der Waals surface area contributed by atoms with Gasteiger partial charge in [-0.15, -0.1) is 0 Å². The Kier molecular flexibility index (Phi) is 5.86. The Labute approximate surface area is 180 Å². The Morgan fingerprint density at radius 3 is 1.74 bits per heavy atom. The monoisotopic (exact) mass is 439 g/mol. The third-order valence-electron chi connectivity index (χ3n) is 5.33. The van der Waals surface area contributed by atoms with E-state index in [1.54, 1.807) is 0 Å². The molecule has 0 saturated carbocycles. The fraction of sp³-hybridized carbons (Fsp3) is 0.217. The zero-order valence-electron chi connectivity index (χ0n) is 16.7. The highest BCUT2D eigenvalue weighted by Crippen LogP contribution is 2.45. The van der Waals surface area contributed by atoms with Crippen LogP contribution in [0.3, 0.4) is 0 Å². The summed E-state index contributed by atoms with van der Waals surface area (Å²) in [6.45, 7) is 1.45. The molecule has 0 N–H and O–H groups in total. The van der Waals surface area contributed by atoms with E-state index in [0.29, 0.717) is 0 Å². The van der Waals surface area contributed by atoms with Crippen molar-refractivity contribution in [1.29, 1.82) is 0 Å². The van der Waals surface area contributed by atoms with E-state index in [2.05, 4.69) is 0 Å². The van der Waals surface area contributed by atoms with Crippen LogP contribution >= 0.6 is 0 Å². The number of nitro benzene ring substituents is 1. The molecule has 0 amide bonds. The summed E-state index contributed by atoms with van der Waals surface area (Å²) in [5.74, 6) is 0. The predicted octanol–water partition coefficient (Wildman–Crippen LogP) is 4.61. The van der Waals surface area contributed by atoms with Crippen LogP contribution < -0.4 is 0 Å². The Morgan fingerprint density at radius 2 is 1.26 bits per heavy atom. The molecule has 3 aromatic carbocycles. The van der Waals surface area contributed by atoms with Crippen LogP contribution in [0.15, 0.2) is 89.8 Å². The molecule has 1 saturated heterocycles. The third kappa shape index (κ3) is 4.10. The molecule has 8 heteroatoms. The Balaban J connectivity index is 1.69. The Morgan fingerprint density at radius 1 is 0.806 bits per heavy atom. The summed E-state index contributed by atoms with van der Waals surface area (Å²) in [5.41, 5.74) is 1.25. The van der Waals surface area contributed by atoms with Gasteiger partial charge in [-0.2, -0.15) is 0 Å². The van der Waals surface area contributed by atoms with Gasteiger partial charge in [-0.05, 0) is 24.1 Å². The fourth-order valence-electron chi connectivity index (χ4n) is 3.67. The van der Waals surface area contributed by atoms with Gasteiger partial charge in [0.25, 0.3) is 5.69 Å². The van der Waals surface area contributed by atoms with E-state index >= 15 is 0 Å². The zero-order chi connectivity index (χ0) is 22.0. The lowest BCUT2D eigenvalue weighted by Crippen LogP contribution is -2.32. The van der Waals surface area contributed by atoms with E-state index in [4.69, 9.17) is 9.47 Å². The van der Waals surface area contributed by atoms with E-state index in [0.717, 1.165) is 11.1 Å².